The lowest BCUT2D eigenvalue weighted by Gasteiger charge is -2.05. The van der Waals surface area contributed by atoms with Gasteiger partial charge in [0.15, 0.2) is 5.16 Å². The Bertz CT molecular complexity index is 731. The van der Waals surface area contributed by atoms with Gasteiger partial charge in [0.1, 0.15) is 0 Å². The van der Waals surface area contributed by atoms with Crippen molar-refractivity contribution in [1.29, 1.82) is 0 Å². The lowest BCUT2D eigenvalue weighted by molar-refractivity contribution is -0.143. The van der Waals surface area contributed by atoms with Crippen LogP contribution in [0.5, 0.6) is 0 Å². The number of aromatic nitrogens is 2. The highest BCUT2D eigenvalue weighted by Gasteiger charge is 2.05. The van der Waals surface area contributed by atoms with E-state index in [4.69, 9.17) is 4.74 Å². The molecule has 0 aliphatic rings. The molecule has 140 valence electrons. The number of carbonyl (C=O) groups excluding carboxylic acids is 1. The molecule has 1 aromatic heterocycles. The standard InChI is InChI=1S/C20H26N2O3S/c1-2-25-19(24)13-9-4-3-5-10-14-26-20-21-17(15-18(23)22-20)16-11-7-6-8-12-16/h6-8,11-12,15H,2-5,9-10,13-14H2,1H3,(H,21,22,23). The van der Waals surface area contributed by atoms with Crippen molar-refractivity contribution in [3.05, 3.63) is 46.8 Å². The molecule has 6 heteroatoms. The summed E-state index contributed by atoms with van der Waals surface area (Å²) in [6.45, 7) is 2.28. The molecule has 0 aliphatic carbocycles. The summed E-state index contributed by atoms with van der Waals surface area (Å²) in [6, 6.07) is 11.3. The van der Waals surface area contributed by atoms with E-state index in [1.54, 1.807) is 11.8 Å². The molecule has 0 saturated carbocycles. The van der Waals surface area contributed by atoms with Crippen molar-refractivity contribution in [3.63, 3.8) is 0 Å². The van der Waals surface area contributed by atoms with Gasteiger partial charge in [0.05, 0.1) is 12.3 Å². The normalized spacial score (nSPS) is 10.7. The van der Waals surface area contributed by atoms with Gasteiger partial charge in [-0.05, 0) is 19.8 Å². The molecule has 0 bridgehead atoms. The van der Waals surface area contributed by atoms with E-state index in [1.165, 1.54) is 6.07 Å². The van der Waals surface area contributed by atoms with Crippen molar-refractivity contribution < 1.29 is 9.53 Å². The fourth-order valence-corrected chi connectivity index (χ4v) is 3.44. The number of carbonyl (C=O) groups is 1. The van der Waals surface area contributed by atoms with Crippen LogP contribution in [-0.4, -0.2) is 28.3 Å². The number of hydrogen-bond donors (Lipinski definition) is 1. The van der Waals surface area contributed by atoms with Crippen molar-refractivity contribution in [2.45, 2.75) is 50.6 Å². The van der Waals surface area contributed by atoms with E-state index in [0.717, 1.165) is 43.4 Å². The van der Waals surface area contributed by atoms with Crippen LogP contribution in [0, 0.1) is 0 Å². The number of esters is 1. The second-order valence-electron chi connectivity index (χ2n) is 5.97. The molecule has 1 heterocycles. The summed E-state index contributed by atoms with van der Waals surface area (Å²) in [4.78, 5) is 30.4. The van der Waals surface area contributed by atoms with Gasteiger partial charge in [0.25, 0.3) is 5.56 Å². The number of rotatable bonds is 11. The average molecular weight is 375 g/mol. The summed E-state index contributed by atoms with van der Waals surface area (Å²) in [5.74, 6) is 0.815. The van der Waals surface area contributed by atoms with E-state index < -0.39 is 0 Å². The van der Waals surface area contributed by atoms with Crippen LogP contribution in [0.3, 0.4) is 0 Å². The van der Waals surface area contributed by atoms with Crippen LogP contribution in [-0.2, 0) is 9.53 Å². The minimum absolute atomic E-state index is 0.101. The van der Waals surface area contributed by atoms with Crippen molar-refractivity contribution in [2.24, 2.45) is 0 Å². The van der Waals surface area contributed by atoms with Gasteiger partial charge in [-0.25, -0.2) is 4.98 Å². The molecule has 2 rings (SSSR count). The van der Waals surface area contributed by atoms with E-state index in [9.17, 15) is 9.59 Å². The molecular weight excluding hydrogens is 348 g/mol. The highest BCUT2D eigenvalue weighted by molar-refractivity contribution is 7.99. The number of ether oxygens (including phenoxy) is 1. The first kappa shape index (κ1) is 20.2. The molecule has 0 atom stereocenters. The molecule has 0 spiro atoms. The van der Waals surface area contributed by atoms with Gasteiger partial charge >= 0.3 is 5.97 Å². The molecule has 1 N–H and O–H groups in total. The van der Waals surface area contributed by atoms with Crippen LogP contribution in [0.1, 0.15) is 45.4 Å². The number of unbranched alkanes of at least 4 members (excludes halogenated alkanes) is 4. The maximum Gasteiger partial charge on any atom is 0.305 e. The first-order valence-corrected chi connectivity index (χ1v) is 10.1. The molecule has 0 aliphatic heterocycles. The highest BCUT2D eigenvalue weighted by atomic mass is 32.2. The van der Waals surface area contributed by atoms with E-state index in [1.807, 2.05) is 37.3 Å². The maximum absolute atomic E-state index is 11.8. The Kier molecular flexibility index (Phi) is 8.96. The van der Waals surface area contributed by atoms with Crippen molar-refractivity contribution in [3.8, 4) is 11.3 Å². The van der Waals surface area contributed by atoms with Gasteiger partial charge in [-0.15, -0.1) is 0 Å². The summed E-state index contributed by atoms with van der Waals surface area (Å²) in [5.41, 5.74) is 1.53. The van der Waals surface area contributed by atoms with Crippen LogP contribution >= 0.6 is 11.8 Å². The fourth-order valence-electron chi connectivity index (χ4n) is 2.56. The number of H-pyrrole nitrogens is 1. The SMILES string of the molecule is CCOC(=O)CCCCCCCSc1nc(-c2ccccc2)cc(=O)[nH]1. The number of nitrogens with one attached hydrogen (secondary N) is 1. The summed E-state index contributed by atoms with van der Waals surface area (Å²) < 4.78 is 4.91. The molecule has 1 aromatic carbocycles. The van der Waals surface area contributed by atoms with Crippen LogP contribution < -0.4 is 5.56 Å². The van der Waals surface area contributed by atoms with Crippen molar-refractivity contribution >= 4 is 17.7 Å². The summed E-state index contributed by atoms with van der Waals surface area (Å²) >= 11 is 1.58. The zero-order valence-corrected chi connectivity index (χ0v) is 16.0. The Labute approximate surface area is 158 Å². The Balaban J connectivity index is 1.68. The van der Waals surface area contributed by atoms with Gasteiger partial charge in [0, 0.05) is 23.8 Å². The second kappa shape index (κ2) is 11.5. The molecule has 26 heavy (non-hydrogen) atoms. The number of benzene rings is 1. The largest absolute Gasteiger partial charge is 0.466 e. The highest BCUT2D eigenvalue weighted by Crippen LogP contribution is 2.19. The Hall–Kier alpha value is -2.08. The van der Waals surface area contributed by atoms with Crippen molar-refractivity contribution in [2.75, 3.05) is 12.4 Å². The Morgan fingerprint density at radius 2 is 1.85 bits per heavy atom. The monoisotopic (exact) mass is 374 g/mol. The average Bonchev–Trinajstić information content (AvgIpc) is 2.64. The lowest BCUT2D eigenvalue weighted by atomic mass is 10.1. The molecule has 0 unspecified atom stereocenters. The number of thioether (sulfide) groups is 1. The Morgan fingerprint density at radius 3 is 2.62 bits per heavy atom. The third-order valence-corrected chi connectivity index (χ3v) is 4.82. The zero-order chi connectivity index (χ0) is 18.6. The van der Waals surface area contributed by atoms with Crippen LogP contribution in [0.2, 0.25) is 0 Å². The zero-order valence-electron chi connectivity index (χ0n) is 15.2. The van der Waals surface area contributed by atoms with Crippen LogP contribution in [0.25, 0.3) is 11.3 Å². The lowest BCUT2D eigenvalue weighted by Crippen LogP contribution is -2.08. The topological polar surface area (TPSA) is 72.0 Å². The first-order valence-electron chi connectivity index (χ1n) is 9.14. The predicted octanol–water partition coefficient (Wildman–Crippen LogP) is 4.43. The first-order chi connectivity index (χ1) is 12.7. The third-order valence-electron chi connectivity index (χ3n) is 3.86. The molecule has 2 aromatic rings. The fraction of sp³-hybridized carbons (Fsp3) is 0.450. The molecular formula is C20H26N2O3S. The molecule has 0 amide bonds. The van der Waals surface area contributed by atoms with E-state index in [0.29, 0.717) is 23.9 Å². The van der Waals surface area contributed by atoms with Gasteiger partial charge in [0.2, 0.25) is 0 Å². The summed E-state index contributed by atoms with van der Waals surface area (Å²) in [5, 5.41) is 0.665. The van der Waals surface area contributed by atoms with Crippen LogP contribution in [0.4, 0.5) is 0 Å². The number of aromatic amines is 1. The molecule has 5 nitrogen and oxygen atoms in total. The van der Waals surface area contributed by atoms with E-state index in [-0.39, 0.29) is 11.5 Å². The van der Waals surface area contributed by atoms with Crippen molar-refractivity contribution in [1.82, 2.24) is 9.97 Å². The minimum atomic E-state index is -0.125. The number of nitrogens with zero attached hydrogens (tertiary/aromatic N) is 1. The molecule has 0 radical (unpaired) electrons. The maximum atomic E-state index is 11.8. The third kappa shape index (κ3) is 7.44. The second-order valence-corrected chi connectivity index (χ2v) is 7.06. The van der Waals surface area contributed by atoms with Gasteiger partial charge in [-0.3, -0.25) is 9.59 Å². The van der Waals surface area contributed by atoms with E-state index in [2.05, 4.69) is 9.97 Å². The van der Waals surface area contributed by atoms with Gasteiger partial charge in [-0.1, -0.05) is 61.4 Å². The van der Waals surface area contributed by atoms with Gasteiger partial charge in [-0.2, -0.15) is 0 Å². The van der Waals surface area contributed by atoms with Gasteiger partial charge < -0.3 is 9.72 Å². The Morgan fingerprint density at radius 1 is 1.12 bits per heavy atom. The summed E-state index contributed by atoms with van der Waals surface area (Å²) in [6.07, 6.45) is 5.72. The number of hydrogen-bond acceptors (Lipinski definition) is 5. The smallest absolute Gasteiger partial charge is 0.305 e. The summed E-state index contributed by atoms with van der Waals surface area (Å²) in [7, 11) is 0. The molecule has 0 saturated heterocycles. The predicted molar refractivity (Wildman–Crippen MR) is 105 cm³/mol. The van der Waals surface area contributed by atoms with Crippen LogP contribution in [0.15, 0.2) is 46.3 Å². The van der Waals surface area contributed by atoms with E-state index >= 15 is 0 Å². The quantitative estimate of drug-likeness (QED) is 0.273. The molecule has 0 fully saturated rings. The minimum Gasteiger partial charge on any atom is -0.466 e.